The van der Waals surface area contributed by atoms with Crippen LogP contribution in [-0.4, -0.2) is 74.7 Å². The van der Waals surface area contributed by atoms with E-state index in [9.17, 15) is 20.1 Å². The smallest absolute Gasteiger partial charge is 0.275 e. The molecule has 0 unspecified atom stereocenters. The first-order chi connectivity index (χ1) is 9.91. The number of carbonyl (C=O) groups excluding carboxylic acids is 1. The minimum absolute atomic E-state index is 0.135. The lowest BCUT2D eigenvalue weighted by atomic mass is 10.1. The Bertz CT molecular complexity index is 513. The minimum Gasteiger partial charge on any atom is -0.474 e. The third-order valence-electron chi connectivity index (χ3n) is 3.08. The van der Waals surface area contributed by atoms with Crippen LogP contribution in [-0.2, 0) is 0 Å². The summed E-state index contributed by atoms with van der Waals surface area (Å²) in [4.78, 5) is 17.4. The number of thioether (sulfide) groups is 1. The van der Waals surface area contributed by atoms with Crippen LogP contribution in [0.5, 0.6) is 5.75 Å². The average molecular weight is 314 g/mol. The number of aliphatic hydroxyl groups is 3. The molecule has 7 nitrogen and oxygen atoms in total. The van der Waals surface area contributed by atoms with Gasteiger partial charge < -0.3 is 25.0 Å². The van der Waals surface area contributed by atoms with Crippen LogP contribution in [0.15, 0.2) is 18.3 Å². The summed E-state index contributed by atoms with van der Waals surface area (Å²) in [6.45, 7) is 0. The zero-order valence-corrected chi connectivity index (χ0v) is 12.5. The fourth-order valence-corrected chi connectivity index (χ4v) is 2.98. The molecule has 0 bridgehead atoms. The predicted molar refractivity (Wildman–Crippen MR) is 77.1 cm³/mol. The number of hydrogen-bond acceptors (Lipinski definition) is 7. The number of rotatable bonds is 3. The van der Waals surface area contributed by atoms with Gasteiger partial charge in [0.15, 0.2) is 16.9 Å². The molecule has 116 valence electrons. The Morgan fingerprint density at radius 2 is 2.10 bits per heavy atom. The van der Waals surface area contributed by atoms with Crippen molar-refractivity contribution in [1.29, 1.82) is 0 Å². The molecule has 0 aromatic carbocycles. The molecule has 0 radical (unpaired) electrons. The Labute approximate surface area is 126 Å². The molecule has 0 spiro atoms. The Hall–Kier alpha value is -1.35. The third kappa shape index (κ3) is 3.46. The van der Waals surface area contributed by atoms with Gasteiger partial charge in [0.1, 0.15) is 12.2 Å². The fourth-order valence-electron chi connectivity index (χ4n) is 1.87. The molecule has 1 fully saturated rings. The van der Waals surface area contributed by atoms with Crippen molar-refractivity contribution in [1.82, 2.24) is 9.88 Å². The lowest BCUT2D eigenvalue weighted by Gasteiger charge is -2.34. The molecule has 2 heterocycles. The summed E-state index contributed by atoms with van der Waals surface area (Å²) in [5.41, 5.74) is -0.641. The van der Waals surface area contributed by atoms with E-state index in [4.69, 9.17) is 4.74 Å². The van der Waals surface area contributed by atoms with Crippen LogP contribution < -0.4 is 4.74 Å². The van der Waals surface area contributed by atoms with Gasteiger partial charge >= 0.3 is 0 Å². The quantitative estimate of drug-likeness (QED) is 0.679. The molecule has 1 aliphatic heterocycles. The molecule has 1 aromatic heterocycles. The molecule has 2 rings (SSSR count). The number of aliphatic hydroxyl groups excluding tert-OH is 3. The average Bonchev–Trinajstić information content (AvgIpc) is 2.47. The monoisotopic (exact) mass is 314 g/mol. The van der Waals surface area contributed by atoms with Gasteiger partial charge in [-0.05, 0) is 12.1 Å². The largest absolute Gasteiger partial charge is 0.474 e. The number of aromatic nitrogens is 1. The van der Waals surface area contributed by atoms with Crippen LogP contribution >= 0.6 is 11.8 Å². The van der Waals surface area contributed by atoms with Crippen molar-refractivity contribution in [3.8, 4) is 5.75 Å². The number of carbonyl (C=O) groups is 1. The summed E-state index contributed by atoms with van der Waals surface area (Å²) in [5, 5.41) is 29.1. The lowest BCUT2D eigenvalue weighted by Crippen LogP contribution is -2.50. The molecule has 1 aromatic rings. The summed E-state index contributed by atoms with van der Waals surface area (Å²) < 4.78 is 5.62. The summed E-state index contributed by atoms with van der Waals surface area (Å²) >= 11 is 1.17. The second-order valence-electron chi connectivity index (χ2n) is 4.92. The molecule has 4 atom stereocenters. The van der Waals surface area contributed by atoms with Crippen molar-refractivity contribution in [3.63, 3.8) is 0 Å². The number of pyridine rings is 1. The predicted octanol–water partition coefficient (Wildman–Crippen LogP) is -0.682. The summed E-state index contributed by atoms with van der Waals surface area (Å²) in [7, 11) is 3.20. The van der Waals surface area contributed by atoms with Crippen LogP contribution in [0.4, 0.5) is 0 Å². The first-order valence-electron chi connectivity index (χ1n) is 6.41. The highest BCUT2D eigenvalue weighted by atomic mass is 32.2. The number of nitrogens with zero attached hydrogens (tertiary/aromatic N) is 2. The maximum Gasteiger partial charge on any atom is 0.275 e. The van der Waals surface area contributed by atoms with Crippen LogP contribution in [0, 0.1) is 0 Å². The highest BCUT2D eigenvalue weighted by Gasteiger charge is 2.39. The van der Waals surface area contributed by atoms with Crippen molar-refractivity contribution in [2.45, 2.75) is 23.7 Å². The lowest BCUT2D eigenvalue weighted by molar-refractivity contribution is -0.0787. The van der Waals surface area contributed by atoms with Gasteiger partial charge in [-0.2, -0.15) is 0 Å². The Balaban J connectivity index is 2.18. The zero-order valence-electron chi connectivity index (χ0n) is 11.7. The second-order valence-corrected chi connectivity index (χ2v) is 6.05. The van der Waals surface area contributed by atoms with Crippen molar-refractivity contribution >= 4 is 17.7 Å². The van der Waals surface area contributed by atoms with Gasteiger partial charge in [-0.3, -0.25) is 4.79 Å². The normalized spacial score (nSPS) is 29.0. The van der Waals surface area contributed by atoms with Gasteiger partial charge in [0.25, 0.3) is 5.91 Å². The second kappa shape index (κ2) is 6.61. The molecule has 3 N–H and O–H groups in total. The molecule has 0 aliphatic carbocycles. The van der Waals surface area contributed by atoms with Crippen molar-refractivity contribution < 1.29 is 24.9 Å². The van der Waals surface area contributed by atoms with Crippen LogP contribution in [0.3, 0.4) is 0 Å². The molecular formula is C13H18N2O5S. The number of amides is 1. The van der Waals surface area contributed by atoms with Crippen LogP contribution in [0.2, 0.25) is 0 Å². The van der Waals surface area contributed by atoms with Gasteiger partial charge in [0, 0.05) is 26.0 Å². The van der Waals surface area contributed by atoms with Crippen LogP contribution in [0.1, 0.15) is 10.5 Å². The Kier molecular flexibility index (Phi) is 5.04. The van der Waals surface area contributed by atoms with E-state index in [1.807, 2.05) is 0 Å². The van der Waals surface area contributed by atoms with Gasteiger partial charge in [0.2, 0.25) is 0 Å². The van der Waals surface area contributed by atoms with Gasteiger partial charge in [-0.25, -0.2) is 4.98 Å². The molecule has 8 heteroatoms. The van der Waals surface area contributed by atoms with Gasteiger partial charge in [-0.15, -0.1) is 11.8 Å². The van der Waals surface area contributed by atoms with Crippen LogP contribution in [0.25, 0.3) is 0 Å². The van der Waals surface area contributed by atoms with Gasteiger partial charge in [0.05, 0.1) is 6.10 Å². The van der Waals surface area contributed by atoms with Gasteiger partial charge in [-0.1, -0.05) is 0 Å². The van der Waals surface area contributed by atoms with E-state index in [1.165, 1.54) is 22.9 Å². The van der Waals surface area contributed by atoms with E-state index >= 15 is 0 Å². The first-order valence-corrected chi connectivity index (χ1v) is 7.46. The molecule has 1 aliphatic rings. The highest BCUT2D eigenvalue weighted by molar-refractivity contribution is 7.99. The molecular weight excluding hydrogens is 296 g/mol. The fraction of sp³-hybridized carbons (Fsp3) is 0.538. The minimum atomic E-state index is -1.28. The molecule has 1 saturated heterocycles. The summed E-state index contributed by atoms with van der Waals surface area (Å²) in [6.07, 6.45) is -2.05. The van der Waals surface area contributed by atoms with Crippen molar-refractivity contribution in [2.24, 2.45) is 0 Å². The summed E-state index contributed by atoms with van der Waals surface area (Å²) in [5.74, 6) is 0.151. The number of ether oxygens (including phenoxy) is 1. The molecule has 21 heavy (non-hydrogen) atoms. The van der Waals surface area contributed by atoms with E-state index in [2.05, 4.69) is 4.98 Å². The topological polar surface area (TPSA) is 103 Å². The van der Waals surface area contributed by atoms with Crippen molar-refractivity contribution in [2.75, 3.05) is 19.8 Å². The maximum absolute atomic E-state index is 12.0. The molecule has 1 amide bonds. The Morgan fingerprint density at radius 3 is 2.76 bits per heavy atom. The van der Waals surface area contributed by atoms with E-state index in [-0.39, 0.29) is 23.1 Å². The molecule has 0 saturated carbocycles. The standard InChI is InChI=1S/C13H18N2O5S/c1-15(2)12(19)9-8(4-3-5-14-9)20-13-11(18)10(17)7(16)6-21-13/h3-5,7,10-11,13,16-18H,6H2,1-2H3/t7-,10+,11-,13-/m1/s1. The van der Waals surface area contributed by atoms with E-state index in [0.717, 1.165) is 0 Å². The van der Waals surface area contributed by atoms with E-state index in [1.54, 1.807) is 26.2 Å². The zero-order chi connectivity index (χ0) is 15.6. The maximum atomic E-state index is 12.0. The van der Waals surface area contributed by atoms with Crippen molar-refractivity contribution in [3.05, 3.63) is 24.0 Å². The van der Waals surface area contributed by atoms with E-state index < -0.39 is 23.7 Å². The first kappa shape index (κ1) is 16.0. The third-order valence-corrected chi connectivity index (χ3v) is 4.31. The van der Waals surface area contributed by atoms with E-state index in [0.29, 0.717) is 0 Å². The number of hydrogen-bond donors (Lipinski definition) is 3. The Morgan fingerprint density at radius 1 is 1.38 bits per heavy atom. The SMILES string of the molecule is CN(C)C(=O)c1ncccc1O[C@@H]1SC[C@@H](O)[C@H](O)[C@H]1O. The highest BCUT2D eigenvalue weighted by Crippen LogP contribution is 2.30. The summed E-state index contributed by atoms with van der Waals surface area (Å²) in [6, 6.07) is 3.20.